The Morgan fingerprint density at radius 1 is 1.26 bits per heavy atom. The normalized spacial score (nSPS) is 19.1. The van der Waals surface area contributed by atoms with Crippen molar-refractivity contribution in [1.82, 2.24) is 5.32 Å². The predicted molar refractivity (Wildman–Crippen MR) is 76.2 cm³/mol. The molecule has 19 heavy (non-hydrogen) atoms. The minimum atomic E-state index is -3.60. The number of primary sulfonamides is 1. The molecule has 0 saturated heterocycles. The van der Waals surface area contributed by atoms with Crippen molar-refractivity contribution in [2.24, 2.45) is 11.1 Å². The summed E-state index contributed by atoms with van der Waals surface area (Å²) >= 11 is 0. The molecule has 1 saturated carbocycles. The maximum atomic E-state index is 11.2. The number of sulfonamides is 1. The minimum absolute atomic E-state index is 0.162. The van der Waals surface area contributed by atoms with Crippen LogP contribution in [0.4, 0.5) is 0 Å². The molecular weight excluding hydrogens is 260 g/mol. The minimum Gasteiger partial charge on any atom is -0.308 e. The second-order valence-corrected chi connectivity index (χ2v) is 7.14. The van der Waals surface area contributed by atoms with Gasteiger partial charge in [0.25, 0.3) is 0 Å². The summed E-state index contributed by atoms with van der Waals surface area (Å²) in [5.74, 6) is 0.902. The zero-order valence-corrected chi connectivity index (χ0v) is 12.3. The average molecular weight is 282 g/mol. The van der Waals surface area contributed by atoms with Gasteiger partial charge in [0.1, 0.15) is 0 Å². The summed E-state index contributed by atoms with van der Waals surface area (Å²) in [4.78, 5) is 0.162. The summed E-state index contributed by atoms with van der Waals surface area (Å²) in [6, 6.07) is 7.47. The van der Waals surface area contributed by atoms with E-state index >= 15 is 0 Å². The summed E-state index contributed by atoms with van der Waals surface area (Å²) in [5.41, 5.74) is 1.08. The Morgan fingerprint density at radius 2 is 1.84 bits per heavy atom. The molecular formula is C14H22N2O2S. The lowest BCUT2D eigenvalue weighted by Crippen LogP contribution is -2.29. The summed E-state index contributed by atoms with van der Waals surface area (Å²) < 4.78 is 22.4. The van der Waals surface area contributed by atoms with Gasteiger partial charge in [-0.25, -0.2) is 13.6 Å². The van der Waals surface area contributed by atoms with E-state index in [2.05, 4.69) is 19.2 Å². The maximum absolute atomic E-state index is 11.2. The lowest BCUT2D eigenvalue weighted by atomic mass is 10.1. The fourth-order valence-corrected chi connectivity index (χ4v) is 2.91. The molecule has 0 aromatic heterocycles. The molecule has 1 aromatic rings. The van der Waals surface area contributed by atoms with Gasteiger partial charge in [0.05, 0.1) is 4.90 Å². The van der Waals surface area contributed by atoms with Crippen LogP contribution >= 0.6 is 0 Å². The van der Waals surface area contributed by atoms with Crippen molar-refractivity contribution in [1.29, 1.82) is 0 Å². The average Bonchev–Trinajstić information content (AvgIpc) is 3.11. The summed E-state index contributed by atoms with van der Waals surface area (Å²) in [6.07, 6.45) is 3.95. The van der Waals surface area contributed by atoms with Gasteiger partial charge in [0, 0.05) is 12.1 Å². The predicted octanol–water partition coefficient (Wildman–Crippen LogP) is 2.17. The van der Waals surface area contributed by atoms with Crippen LogP contribution in [0.1, 0.15) is 44.7 Å². The molecule has 0 heterocycles. The Balaban J connectivity index is 1.96. The smallest absolute Gasteiger partial charge is 0.238 e. The van der Waals surface area contributed by atoms with E-state index in [1.54, 1.807) is 12.1 Å². The Bertz CT molecular complexity index is 521. The first-order chi connectivity index (χ1) is 8.86. The molecule has 106 valence electrons. The second kappa shape index (κ2) is 5.61. The standard InChI is InChI=1S/C14H22N2O2S/c1-10(9-12-3-4-12)16-11(2)13-5-7-14(8-6-13)19(15,17)18/h5-8,10-12,16H,3-4,9H2,1-2H3,(H2,15,17,18). The molecule has 3 N–H and O–H groups in total. The number of nitrogens with one attached hydrogen (secondary N) is 1. The van der Waals surface area contributed by atoms with Gasteiger partial charge in [0.2, 0.25) is 10.0 Å². The van der Waals surface area contributed by atoms with E-state index in [9.17, 15) is 8.42 Å². The summed E-state index contributed by atoms with van der Waals surface area (Å²) in [5, 5.41) is 8.63. The highest BCUT2D eigenvalue weighted by Crippen LogP contribution is 2.33. The van der Waals surface area contributed by atoms with E-state index in [1.807, 2.05) is 12.1 Å². The third kappa shape index (κ3) is 4.30. The van der Waals surface area contributed by atoms with Gasteiger partial charge in [-0.2, -0.15) is 0 Å². The van der Waals surface area contributed by atoms with Crippen LogP contribution in [0, 0.1) is 5.92 Å². The Labute approximate surface area is 115 Å². The highest BCUT2D eigenvalue weighted by atomic mass is 32.2. The SMILES string of the molecule is CC(CC1CC1)NC(C)c1ccc(S(N)(=O)=O)cc1. The van der Waals surface area contributed by atoms with Crippen LogP contribution in [-0.4, -0.2) is 14.5 Å². The van der Waals surface area contributed by atoms with Crippen molar-refractivity contribution < 1.29 is 8.42 Å². The first-order valence-electron chi connectivity index (χ1n) is 6.75. The van der Waals surface area contributed by atoms with Gasteiger partial charge in [-0.05, 0) is 43.9 Å². The number of nitrogens with two attached hydrogens (primary N) is 1. The van der Waals surface area contributed by atoms with Crippen LogP contribution in [0.3, 0.4) is 0 Å². The molecule has 0 radical (unpaired) electrons. The third-order valence-electron chi connectivity index (χ3n) is 3.63. The maximum Gasteiger partial charge on any atom is 0.238 e. The molecule has 1 aliphatic carbocycles. The van der Waals surface area contributed by atoms with Crippen LogP contribution in [0.15, 0.2) is 29.2 Å². The third-order valence-corrected chi connectivity index (χ3v) is 4.56. The largest absolute Gasteiger partial charge is 0.308 e. The van der Waals surface area contributed by atoms with Gasteiger partial charge in [-0.1, -0.05) is 25.0 Å². The van der Waals surface area contributed by atoms with Crippen LogP contribution in [0.2, 0.25) is 0 Å². The number of hydrogen-bond acceptors (Lipinski definition) is 3. The number of rotatable bonds is 6. The molecule has 0 spiro atoms. The summed E-state index contributed by atoms with van der Waals surface area (Å²) in [7, 11) is -3.60. The van der Waals surface area contributed by atoms with Gasteiger partial charge in [-0.3, -0.25) is 0 Å². The van der Waals surface area contributed by atoms with Crippen molar-refractivity contribution in [3.63, 3.8) is 0 Å². The van der Waals surface area contributed by atoms with Gasteiger partial charge < -0.3 is 5.32 Å². The topological polar surface area (TPSA) is 72.2 Å². The lowest BCUT2D eigenvalue weighted by Gasteiger charge is -2.20. The zero-order valence-electron chi connectivity index (χ0n) is 11.5. The highest BCUT2D eigenvalue weighted by molar-refractivity contribution is 7.89. The van der Waals surface area contributed by atoms with E-state index in [4.69, 9.17) is 5.14 Å². The van der Waals surface area contributed by atoms with Crippen LogP contribution in [0.25, 0.3) is 0 Å². The van der Waals surface area contributed by atoms with E-state index in [0.717, 1.165) is 11.5 Å². The molecule has 2 atom stereocenters. The molecule has 2 rings (SSSR count). The van der Waals surface area contributed by atoms with Crippen molar-refractivity contribution >= 4 is 10.0 Å². The molecule has 1 fully saturated rings. The molecule has 0 bridgehead atoms. The summed E-state index contributed by atoms with van der Waals surface area (Å²) in [6.45, 7) is 4.29. The van der Waals surface area contributed by atoms with E-state index in [1.165, 1.54) is 19.3 Å². The molecule has 2 unspecified atom stereocenters. The van der Waals surface area contributed by atoms with E-state index < -0.39 is 10.0 Å². The molecule has 4 nitrogen and oxygen atoms in total. The fourth-order valence-electron chi connectivity index (χ4n) is 2.39. The first-order valence-corrected chi connectivity index (χ1v) is 8.29. The number of benzene rings is 1. The van der Waals surface area contributed by atoms with Gasteiger partial charge in [-0.15, -0.1) is 0 Å². The fraction of sp³-hybridized carbons (Fsp3) is 0.571. The highest BCUT2D eigenvalue weighted by Gasteiger charge is 2.24. The monoisotopic (exact) mass is 282 g/mol. The zero-order chi connectivity index (χ0) is 14.0. The Kier molecular flexibility index (Phi) is 4.28. The van der Waals surface area contributed by atoms with E-state index in [-0.39, 0.29) is 10.9 Å². The van der Waals surface area contributed by atoms with Crippen molar-refractivity contribution in [3.05, 3.63) is 29.8 Å². The number of hydrogen-bond donors (Lipinski definition) is 2. The molecule has 1 aromatic carbocycles. The molecule has 1 aliphatic rings. The second-order valence-electron chi connectivity index (χ2n) is 5.58. The molecule has 0 amide bonds. The molecule has 5 heteroatoms. The van der Waals surface area contributed by atoms with Gasteiger partial charge in [0.15, 0.2) is 0 Å². The van der Waals surface area contributed by atoms with Gasteiger partial charge >= 0.3 is 0 Å². The Morgan fingerprint density at radius 3 is 2.32 bits per heavy atom. The van der Waals surface area contributed by atoms with Crippen LogP contribution < -0.4 is 10.5 Å². The Hall–Kier alpha value is -0.910. The molecule has 0 aliphatic heterocycles. The quantitative estimate of drug-likeness (QED) is 0.840. The van der Waals surface area contributed by atoms with Crippen molar-refractivity contribution in [2.75, 3.05) is 0 Å². The first kappa shape index (κ1) is 14.5. The van der Waals surface area contributed by atoms with Crippen molar-refractivity contribution in [2.45, 2.75) is 50.1 Å². The van der Waals surface area contributed by atoms with E-state index in [0.29, 0.717) is 6.04 Å². The van der Waals surface area contributed by atoms with Crippen LogP contribution in [-0.2, 0) is 10.0 Å². The van der Waals surface area contributed by atoms with Crippen LogP contribution in [0.5, 0.6) is 0 Å². The van der Waals surface area contributed by atoms with Crippen molar-refractivity contribution in [3.8, 4) is 0 Å². The lowest BCUT2D eigenvalue weighted by molar-refractivity contribution is 0.438.